The van der Waals surface area contributed by atoms with Gasteiger partial charge in [0.15, 0.2) is 0 Å². The third-order valence-corrected chi connectivity index (χ3v) is 6.31. The van der Waals surface area contributed by atoms with Crippen molar-refractivity contribution in [1.82, 2.24) is 4.31 Å². The molecule has 3 rings (SSSR count). The highest BCUT2D eigenvalue weighted by molar-refractivity contribution is 7.89. The molecule has 2 aromatic rings. The van der Waals surface area contributed by atoms with Crippen molar-refractivity contribution >= 4 is 21.6 Å². The summed E-state index contributed by atoms with van der Waals surface area (Å²) < 4.78 is 25.4. The molecule has 0 atom stereocenters. The van der Waals surface area contributed by atoms with Crippen LogP contribution in [0.3, 0.4) is 0 Å². The molecular weight excluding hydrogens is 336 g/mol. The Morgan fingerprint density at radius 2 is 1.76 bits per heavy atom. The number of carbonyl (C=O) groups excluding carboxylic acids is 1. The fourth-order valence-corrected chi connectivity index (χ4v) is 3.97. The number of amides is 1. The molecule has 1 amide bonds. The van der Waals surface area contributed by atoms with Crippen molar-refractivity contribution in [2.45, 2.75) is 24.7 Å². The van der Waals surface area contributed by atoms with Gasteiger partial charge in [-0.25, -0.2) is 12.7 Å². The maximum absolute atomic E-state index is 12.9. The van der Waals surface area contributed by atoms with Gasteiger partial charge in [-0.2, -0.15) is 0 Å². The Balaban J connectivity index is 1.90. The lowest BCUT2D eigenvalue weighted by atomic mass is 9.99. The Labute approximate surface area is 148 Å². The zero-order valence-electron chi connectivity index (χ0n) is 14.7. The lowest BCUT2D eigenvalue weighted by molar-refractivity contribution is 0.0985. The summed E-state index contributed by atoms with van der Waals surface area (Å²) in [5.74, 6) is -0.0985. The molecule has 6 heteroatoms. The smallest absolute Gasteiger partial charge is 0.258 e. The summed E-state index contributed by atoms with van der Waals surface area (Å²) in [6, 6.07) is 12.3. The molecule has 1 aliphatic heterocycles. The van der Waals surface area contributed by atoms with Gasteiger partial charge >= 0.3 is 0 Å². The van der Waals surface area contributed by atoms with E-state index in [2.05, 4.69) is 6.07 Å². The fourth-order valence-electron chi connectivity index (χ4n) is 3.07. The van der Waals surface area contributed by atoms with Crippen molar-refractivity contribution in [2.75, 3.05) is 25.5 Å². The van der Waals surface area contributed by atoms with E-state index in [0.29, 0.717) is 12.1 Å². The normalized spacial score (nSPS) is 14.5. The summed E-state index contributed by atoms with van der Waals surface area (Å²) in [5.41, 5.74) is 3.82. The van der Waals surface area contributed by atoms with Gasteiger partial charge in [0.2, 0.25) is 10.0 Å². The average molecular weight is 358 g/mol. The second-order valence-corrected chi connectivity index (χ2v) is 8.66. The van der Waals surface area contributed by atoms with E-state index in [1.165, 1.54) is 37.4 Å². The molecule has 25 heavy (non-hydrogen) atoms. The highest BCUT2D eigenvalue weighted by atomic mass is 32.2. The maximum Gasteiger partial charge on any atom is 0.258 e. The minimum atomic E-state index is -3.49. The number of rotatable bonds is 3. The Morgan fingerprint density at radius 3 is 2.40 bits per heavy atom. The van der Waals surface area contributed by atoms with Crippen LogP contribution in [0.2, 0.25) is 0 Å². The van der Waals surface area contributed by atoms with E-state index in [4.69, 9.17) is 0 Å². The quantitative estimate of drug-likeness (QED) is 0.848. The van der Waals surface area contributed by atoms with Crippen LogP contribution in [0.15, 0.2) is 47.4 Å². The van der Waals surface area contributed by atoms with Crippen LogP contribution in [0.25, 0.3) is 0 Å². The van der Waals surface area contributed by atoms with Gasteiger partial charge in [0, 0.05) is 31.9 Å². The molecule has 0 bridgehead atoms. The second kappa shape index (κ2) is 6.61. The maximum atomic E-state index is 12.9. The van der Waals surface area contributed by atoms with Gasteiger partial charge in [0.1, 0.15) is 0 Å². The number of anilines is 1. The summed E-state index contributed by atoms with van der Waals surface area (Å²) >= 11 is 0. The van der Waals surface area contributed by atoms with Crippen molar-refractivity contribution in [1.29, 1.82) is 0 Å². The third-order valence-electron chi connectivity index (χ3n) is 4.48. The van der Waals surface area contributed by atoms with Gasteiger partial charge < -0.3 is 4.90 Å². The molecular formula is C19H22N2O3S. The molecule has 5 nitrogen and oxygen atoms in total. The van der Waals surface area contributed by atoms with Crippen molar-refractivity contribution in [3.05, 3.63) is 59.2 Å². The molecule has 1 aliphatic rings. The van der Waals surface area contributed by atoms with Crippen LogP contribution in [0, 0.1) is 6.92 Å². The van der Waals surface area contributed by atoms with E-state index in [1.807, 2.05) is 19.1 Å². The Bertz CT molecular complexity index is 903. The van der Waals surface area contributed by atoms with Gasteiger partial charge in [0.25, 0.3) is 5.91 Å². The lowest BCUT2D eigenvalue weighted by Gasteiger charge is -2.30. The van der Waals surface area contributed by atoms with Crippen molar-refractivity contribution in [2.24, 2.45) is 0 Å². The van der Waals surface area contributed by atoms with Crippen molar-refractivity contribution < 1.29 is 13.2 Å². The predicted octanol–water partition coefficient (Wildman–Crippen LogP) is 2.84. The van der Waals surface area contributed by atoms with Crippen LogP contribution in [0.5, 0.6) is 0 Å². The van der Waals surface area contributed by atoms with E-state index in [-0.39, 0.29) is 10.8 Å². The van der Waals surface area contributed by atoms with E-state index < -0.39 is 10.0 Å². The minimum absolute atomic E-state index is 0.0985. The number of hydrogen-bond donors (Lipinski definition) is 0. The zero-order chi connectivity index (χ0) is 18.2. The highest BCUT2D eigenvalue weighted by Gasteiger charge is 2.24. The molecule has 0 saturated heterocycles. The molecule has 0 aliphatic carbocycles. The van der Waals surface area contributed by atoms with Gasteiger partial charge in [-0.05, 0) is 55.7 Å². The Morgan fingerprint density at radius 1 is 1.08 bits per heavy atom. The van der Waals surface area contributed by atoms with Gasteiger partial charge in [-0.3, -0.25) is 4.79 Å². The molecule has 0 fully saturated rings. The number of carbonyl (C=O) groups is 1. The fraction of sp³-hybridized carbons (Fsp3) is 0.316. The number of benzene rings is 2. The van der Waals surface area contributed by atoms with Crippen LogP contribution < -0.4 is 4.90 Å². The second-order valence-electron chi connectivity index (χ2n) is 6.50. The van der Waals surface area contributed by atoms with E-state index >= 15 is 0 Å². The number of hydrogen-bond acceptors (Lipinski definition) is 3. The van der Waals surface area contributed by atoms with Gasteiger partial charge in [-0.1, -0.05) is 17.7 Å². The van der Waals surface area contributed by atoms with Gasteiger partial charge in [-0.15, -0.1) is 0 Å². The molecule has 0 spiro atoms. The number of nitrogens with zero attached hydrogens (tertiary/aromatic N) is 2. The molecule has 1 heterocycles. The first kappa shape index (κ1) is 17.6. The first-order valence-corrected chi connectivity index (χ1v) is 9.69. The molecule has 0 unspecified atom stereocenters. The largest absolute Gasteiger partial charge is 0.308 e. The topological polar surface area (TPSA) is 57.7 Å². The molecule has 132 valence electrons. The highest BCUT2D eigenvalue weighted by Crippen LogP contribution is 2.29. The summed E-state index contributed by atoms with van der Waals surface area (Å²) in [6.07, 6.45) is 1.90. The molecule has 0 aromatic heterocycles. The monoisotopic (exact) mass is 358 g/mol. The lowest BCUT2D eigenvalue weighted by Crippen LogP contribution is -2.35. The SMILES string of the molecule is Cc1ccc2c(c1)CCCN2C(=O)c1ccc(S(=O)(=O)N(C)C)cc1. The molecule has 0 N–H and O–H groups in total. The summed E-state index contributed by atoms with van der Waals surface area (Å²) in [4.78, 5) is 14.9. The number of sulfonamides is 1. The van der Waals surface area contributed by atoms with Crippen LogP contribution in [-0.4, -0.2) is 39.3 Å². The molecule has 0 radical (unpaired) electrons. The number of fused-ring (bicyclic) bond motifs is 1. The van der Waals surface area contributed by atoms with Crippen LogP contribution in [-0.2, 0) is 16.4 Å². The van der Waals surface area contributed by atoms with Crippen LogP contribution in [0.4, 0.5) is 5.69 Å². The zero-order valence-corrected chi connectivity index (χ0v) is 15.5. The Hall–Kier alpha value is -2.18. The summed E-state index contributed by atoms with van der Waals surface area (Å²) in [5, 5.41) is 0. The predicted molar refractivity (Wildman–Crippen MR) is 98.5 cm³/mol. The van der Waals surface area contributed by atoms with Crippen molar-refractivity contribution in [3.63, 3.8) is 0 Å². The van der Waals surface area contributed by atoms with Crippen molar-refractivity contribution in [3.8, 4) is 0 Å². The Kier molecular flexibility index (Phi) is 4.67. The van der Waals surface area contributed by atoms with E-state index in [0.717, 1.165) is 22.8 Å². The van der Waals surface area contributed by atoms with E-state index in [1.54, 1.807) is 17.0 Å². The third kappa shape index (κ3) is 3.32. The summed E-state index contributed by atoms with van der Waals surface area (Å²) in [7, 11) is -0.515. The van der Waals surface area contributed by atoms with E-state index in [9.17, 15) is 13.2 Å². The van der Waals surface area contributed by atoms with Crippen LogP contribution in [0.1, 0.15) is 27.9 Å². The molecule has 0 saturated carbocycles. The summed E-state index contributed by atoms with van der Waals surface area (Å²) in [6.45, 7) is 2.72. The average Bonchev–Trinajstić information content (AvgIpc) is 2.60. The standard InChI is InChI=1S/C19H22N2O3S/c1-14-6-11-18-16(13-14)5-4-12-21(18)19(22)15-7-9-17(10-8-15)25(23,24)20(2)3/h6-11,13H,4-5,12H2,1-3H3. The minimum Gasteiger partial charge on any atom is -0.308 e. The van der Waals surface area contributed by atoms with Crippen LogP contribution >= 0.6 is 0 Å². The molecule has 2 aromatic carbocycles. The first-order valence-electron chi connectivity index (χ1n) is 8.24. The first-order chi connectivity index (χ1) is 11.8. The number of aryl methyl sites for hydroxylation is 2. The van der Waals surface area contributed by atoms with Gasteiger partial charge in [0.05, 0.1) is 4.90 Å².